The molecule has 3 aromatic heterocycles. The number of ketones is 9. The quantitative estimate of drug-likeness (QED) is 0.113. The molecule has 3 aliphatic rings. The van der Waals surface area contributed by atoms with Crippen LogP contribution in [0.25, 0.3) is 15.0 Å². The van der Waals surface area contributed by atoms with Gasteiger partial charge in [0.05, 0.1) is 51.3 Å². The topological polar surface area (TPSA) is 193 Å². The van der Waals surface area contributed by atoms with Crippen molar-refractivity contribution in [2.24, 2.45) is 0 Å². The number of furan rings is 3. The molecule has 0 radical (unpaired) electrons. The van der Waals surface area contributed by atoms with Crippen LogP contribution in [0.3, 0.4) is 0 Å². The first-order chi connectivity index (χ1) is 32.2. The highest BCUT2D eigenvalue weighted by molar-refractivity contribution is 9.16. The molecule has 0 spiro atoms. The van der Waals surface area contributed by atoms with Gasteiger partial charge in [0.2, 0.25) is 34.7 Å². The van der Waals surface area contributed by atoms with Crippen molar-refractivity contribution >= 4 is 131 Å². The van der Waals surface area contributed by atoms with Gasteiger partial charge in [-0.3, -0.25) is 43.2 Å². The number of Topliss-reactive ketones (excluding diaryl/α,β-unsaturated/α-hetero) is 5. The second kappa shape index (κ2) is 24.4. The monoisotopic (exact) mass is 1160 g/mol. The largest absolute Gasteiger partial charge is 0.463 e. The van der Waals surface area contributed by atoms with E-state index < -0.39 is 34.7 Å². The molecule has 67 heavy (non-hydrogen) atoms. The minimum absolute atomic E-state index is 0.00364. The zero-order chi connectivity index (χ0) is 49.7. The summed E-state index contributed by atoms with van der Waals surface area (Å²) in [6, 6.07) is 25.5. The standard InChI is InChI=1S/C15H6Br2O4.2C15H7BrO4.3C2H6/c16-10-11(17)15-9(13(19)14(10)20)8(6-21-15)12(18)7-4-2-1-3-5-7;16-10-6-11(17)14(19)12-9(7-20-15(10)12)13(18)8-4-2-1-3-5-8;16-10-6-11-12(15(19)14(10)18)9(7-20-11)13(17)8-4-2-1-3-5-8;3*1-2/h1-6H;2*1-7H;3*1-2H3. The summed E-state index contributed by atoms with van der Waals surface area (Å²) in [7, 11) is 0. The lowest BCUT2D eigenvalue weighted by Crippen LogP contribution is -2.21. The minimum Gasteiger partial charge on any atom is -0.463 e. The number of halogens is 4. The summed E-state index contributed by atoms with van der Waals surface area (Å²) in [6.45, 7) is 12.0. The second-order valence-electron chi connectivity index (χ2n) is 12.8. The van der Waals surface area contributed by atoms with Gasteiger partial charge in [0, 0.05) is 22.8 Å². The highest BCUT2D eigenvalue weighted by Crippen LogP contribution is 2.39. The van der Waals surface area contributed by atoms with Gasteiger partial charge in [-0.25, -0.2) is 0 Å². The number of hydrogen-bond donors (Lipinski definition) is 0. The number of allylic oxidation sites excluding steroid dienone is 3. The van der Waals surface area contributed by atoms with E-state index in [1.54, 1.807) is 91.0 Å². The van der Waals surface area contributed by atoms with Gasteiger partial charge in [0.15, 0.2) is 28.9 Å². The lowest BCUT2D eigenvalue weighted by Gasteiger charge is -2.10. The van der Waals surface area contributed by atoms with Gasteiger partial charge in [-0.1, -0.05) is 133 Å². The van der Waals surface area contributed by atoms with Gasteiger partial charge in [0.1, 0.15) is 24.5 Å². The van der Waals surface area contributed by atoms with Crippen molar-refractivity contribution in [1.29, 1.82) is 0 Å². The van der Waals surface area contributed by atoms with Crippen LogP contribution in [0.1, 0.15) is 138 Å². The van der Waals surface area contributed by atoms with E-state index >= 15 is 0 Å². The smallest absolute Gasteiger partial charge is 0.241 e. The Morgan fingerprint density at radius 1 is 0.388 bits per heavy atom. The van der Waals surface area contributed by atoms with E-state index in [0.717, 1.165) is 6.08 Å². The maximum Gasteiger partial charge on any atom is 0.241 e. The lowest BCUT2D eigenvalue weighted by atomic mass is 9.94. The van der Waals surface area contributed by atoms with Crippen LogP contribution in [0, 0.1) is 0 Å². The summed E-state index contributed by atoms with van der Waals surface area (Å²) in [5.74, 6) is -4.71. The van der Waals surface area contributed by atoms with Crippen molar-refractivity contribution in [3.63, 3.8) is 0 Å². The van der Waals surface area contributed by atoms with Crippen LogP contribution < -0.4 is 0 Å². The Bertz CT molecular complexity index is 3000. The SMILES string of the molecule is CC.CC.CC.O=C1C(=O)c2c(C(=O)c3ccccc3)coc2C(Br)=C1Br.O=C1C(=O)c2c(C(=O)c3ccccc3)coc2C=C1Br.O=C1C=C(Br)c2occ(C(=O)c3ccccc3)c2C1=O. The van der Waals surface area contributed by atoms with Gasteiger partial charge in [-0.2, -0.15) is 0 Å². The van der Waals surface area contributed by atoms with Crippen LogP contribution in [0.15, 0.2) is 138 Å². The molecule has 0 saturated heterocycles. The molecule has 9 rings (SSSR count). The molecule has 3 heterocycles. The molecule has 12 nitrogen and oxygen atoms in total. The van der Waals surface area contributed by atoms with Crippen LogP contribution >= 0.6 is 63.7 Å². The predicted molar refractivity (Wildman–Crippen MR) is 266 cm³/mol. The number of carbonyl (C=O) groups excluding carboxylic acids is 9. The molecule has 3 aromatic carbocycles. The first-order valence-electron chi connectivity index (χ1n) is 20.4. The third-order valence-corrected chi connectivity index (χ3v) is 12.3. The molecule has 0 N–H and O–H groups in total. The van der Waals surface area contributed by atoms with Gasteiger partial charge in [-0.05, 0) is 69.8 Å². The van der Waals surface area contributed by atoms with Gasteiger partial charge in [0.25, 0.3) is 0 Å². The summed E-state index contributed by atoms with van der Waals surface area (Å²) in [4.78, 5) is 108. The van der Waals surface area contributed by atoms with Crippen LogP contribution in [0.5, 0.6) is 0 Å². The van der Waals surface area contributed by atoms with Crippen LogP contribution in [-0.4, -0.2) is 52.0 Å². The maximum absolute atomic E-state index is 12.5. The molecule has 0 unspecified atom stereocenters. The maximum atomic E-state index is 12.5. The summed E-state index contributed by atoms with van der Waals surface area (Å²) >= 11 is 12.4. The Labute approximate surface area is 418 Å². The Balaban J connectivity index is 0.000000208. The average molecular weight is 1160 g/mol. The van der Waals surface area contributed by atoms with Crippen molar-refractivity contribution in [1.82, 2.24) is 0 Å². The van der Waals surface area contributed by atoms with Crippen molar-refractivity contribution in [3.8, 4) is 0 Å². The number of fused-ring (bicyclic) bond motifs is 3. The third kappa shape index (κ3) is 11.3. The van der Waals surface area contributed by atoms with Crippen LogP contribution in [0.2, 0.25) is 0 Å². The highest BCUT2D eigenvalue weighted by atomic mass is 79.9. The van der Waals surface area contributed by atoms with E-state index in [4.69, 9.17) is 13.3 Å². The fraction of sp³-hybridized carbons (Fsp3) is 0.118. The third-order valence-electron chi connectivity index (χ3n) is 9.10. The number of hydrogen-bond acceptors (Lipinski definition) is 12. The van der Waals surface area contributed by atoms with E-state index in [-0.39, 0.29) is 77.0 Å². The molecule has 0 saturated carbocycles. The van der Waals surface area contributed by atoms with Gasteiger partial charge < -0.3 is 13.3 Å². The Morgan fingerprint density at radius 2 is 0.761 bits per heavy atom. The Hall–Kier alpha value is -6.33. The molecule has 3 aliphatic carbocycles. The number of benzene rings is 3. The molecule has 6 aromatic rings. The molecule has 16 heteroatoms. The van der Waals surface area contributed by atoms with Gasteiger partial charge >= 0.3 is 0 Å². The van der Waals surface area contributed by atoms with Crippen molar-refractivity contribution in [2.45, 2.75) is 41.5 Å². The van der Waals surface area contributed by atoms with E-state index in [9.17, 15) is 43.2 Å². The zero-order valence-corrected chi connectivity index (χ0v) is 42.8. The average Bonchev–Trinajstić information content (AvgIpc) is 4.15. The Morgan fingerprint density at radius 3 is 1.21 bits per heavy atom. The van der Waals surface area contributed by atoms with E-state index in [0.29, 0.717) is 25.7 Å². The zero-order valence-electron chi connectivity index (χ0n) is 36.5. The van der Waals surface area contributed by atoms with E-state index in [1.807, 2.05) is 41.5 Å². The summed E-state index contributed by atoms with van der Waals surface area (Å²) in [6.07, 6.45) is 6.18. The lowest BCUT2D eigenvalue weighted by molar-refractivity contribution is -0.111. The normalized spacial score (nSPS) is 13.1. The molecular weight excluding hydrogens is 1120 g/mol. The van der Waals surface area contributed by atoms with Crippen LogP contribution in [0.4, 0.5) is 0 Å². The molecular formula is C51H38Br4O12. The molecule has 342 valence electrons. The van der Waals surface area contributed by atoms with Crippen molar-refractivity contribution in [2.75, 3.05) is 0 Å². The first kappa shape index (κ1) is 53.3. The summed E-state index contributed by atoms with van der Waals surface area (Å²) < 4.78 is 16.7. The number of carbonyl (C=O) groups is 9. The molecule has 0 amide bonds. The highest BCUT2D eigenvalue weighted by Gasteiger charge is 2.38. The van der Waals surface area contributed by atoms with Gasteiger partial charge in [-0.15, -0.1) is 0 Å². The molecule has 0 bridgehead atoms. The molecule has 0 fully saturated rings. The van der Waals surface area contributed by atoms with E-state index in [2.05, 4.69) is 63.7 Å². The Kier molecular flexibility index (Phi) is 19.4. The fourth-order valence-corrected chi connectivity index (χ4v) is 7.86. The fourth-order valence-electron chi connectivity index (χ4n) is 6.14. The molecule has 0 aliphatic heterocycles. The predicted octanol–water partition coefficient (Wildman–Crippen LogP) is 12.8. The van der Waals surface area contributed by atoms with E-state index in [1.165, 1.54) is 24.9 Å². The number of rotatable bonds is 6. The summed E-state index contributed by atoms with van der Waals surface area (Å²) in [5, 5.41) is 0. The van der Waals surface area contributed by atoms with Crippen LogP contribution in [-0.2, 0) is 14.4 Å². The minimum atomic E-state index is -0.756. The first-order valence-corrected chi connectivity index (χ1v) is 23.6. The van der Waals surface area contributed by atoms with Crippen molar-refractivity contribution in [3.05, 3.63) is 192 Å². The second-order valence-corrected chi connectivity index (χ2v) is 16.1. The van der Waals surface area contributed by atoms with Crippen molar-refractivity contribution < 1.29 is 56.4 Å². The molecule has 0 atom stereocenters. The summed E-state index contributed by atoms with van der Waals surface area (Å²) in [5.41, 5.74) is 1.66.